The van der Waals surface area contributed by atoms with E-state index >= 15 is 0 Å². The molecule has 2 aromatic rings. The first-order valence-corrected chi connectivity index (χ1v) is 16.1. The van der Waals surface area contributed by atoms with E-state index in [4.69, 9.17) is 18.9 Å². The number of ether oxygens (including phenoxy) is 4. The number of hydrogen-bond acceptors (Lipinski definition) is 14. The van der Waals surface area contributed by atoms with Crippen LogP contribution in [0.3, 0.4) is 0 Å². The number of alkyl carbamates (subject to hydrolysis) is 1. The number of rotatable bonds is 21. The average molecular weight is 715 g/mol. The first-order valence-electron chi connectivity index (χ1n) is 14.7. The molecule has 0 atom stereocenters. The molecule has 2 N–H and O–H groups in total. The number of nitro groups is 3. The van der Waals surface area contributed by atoms with Gasteiger partial charge in [-0.15, -0.1) is 0 Å². The number of carbonyl (C=O) groups excluding carboxylic acids is 2. The van der Waals surface area contributed by atoms with Gasteiger partial charge in [0.05, 0.1) is 60.5 Å². The minimum atomic E-state index is -4.59. The van der Waals surface area contributed by atoms with Gasteiger partial charge < -0.3 is 29.6 Å². The van der Waals surface area contributed by atoms with E-state index in [9.17, 15) is 48.3 Å². The lowest BCUT2D eigenvalue weighted by molar-refractivity contribution is -0.396. The van der Waals surface area contributed by atoms with Crippen molar-refractivity contribution < 1.29 is 51.7 Å². The van der Waals surface area contributed by atoms with E-state index < -0.39 is 58.7 Å². The van der Waals surface area contributed by atoms with E-state index in [1.165, 1.54) is 24.3 Å². The van der Waals surface area contributed by atoms with Crippen molar-refractivity contribution in [2.24, 2.45) is 0 Å². The van der Waals surface area contributed by atoms with Crippen molar-refractivity contribution in [3.63, 3.8) is 0 Å². The number of non-ortho nitro benzene ring substituents is 2. The van der Waals surface area contributed by atoms with E-state index in [-0.39, 0.29) is 77.1 Å². The Labute approximate surface area is 281 Å². The highest BCUT2D eigenvalue weighted by Crippen LogP contribution is 2.30. The minimum Gasteiger partial charge on any atom is -0.444 e. The Bertz CT molecular complexity index is 1560. The molecule has 21 heteroatoms. The number of nitro benzene ring substituents is 3. The highest BCUT2D eigenvalue weighted by molar-refractivity contribution is 7.89. The fraction of sp³-hybridized carbons (Fsp3) is 0.500. The predicted molar refractivity (Wildman–Crippen MR) is 171 cm³/mol. The van der Waals surface area contributed by atoms with Crippen molar-refractivity contribution in [2.45, 2.75) is 31.3 Å². The maximum Gasteiger partial charge on any atom is 0.407 e. The predicted octanol–water partition coefficient (Wildman–Crippen LogP) is 2.41. The molecule has 2 aromatic carbocycles. The summed E-state index contributed by atoms with van der Waals surface area (Å²) in [5, 5.41) is 38.4. The zero-order valence-electron chi connectivity index (χ0n) is 27.0. The van der Waals surface area contributed by atoms with E-state index in [1.54, 1.807) is 20.8 Å². The van der Waals surface area contributed by atoms with Gasteiger partial charge in [-0.1, -0.05) is 0 Å². The third-order valence-electron chi connectivity index (χ3n) is 6.10. The number of sulfonamides is 1. The molecule has 20 nitrogen and oxygen atoms in total. The molecule has 0 bridgehead atoms. The average Bonchev–Trinajstić information content (AvgIpc) is 3.02. The summed E-state index contributed by atoms with van der Waals surface area (Å²) in [4.78, 5) is 54.3. The van der Waals surface area contributed by atoms with Crippen LogP contribution in [0.15, 0.2) is 47.4 Å². The molecule has 0 aromatic heterocycles. The van der Waals surface area contributed by atoms with Gasteiger partial charge in [-0.3, -0.25) is 35.1 Å². The minimum absolute atomic E-state index is 0.0486. The molecule has 0 saturated heterocycles. The van der Waals surface area contributed by atoms with Crippen LogP contribution in [0.25, 0.3) is 0 Å². The molecule has 0 saturated carbocycles. The SMILES string of the molecule is CC(C)(C)OC(=O)NCCN(CCOCCOCCOCCNC(=O)c1ccc([N+](=O)[O-])cc1)S(=O)(=O)c1ccc([N+](=O)[O-])cc1[N+](=O)[O-]. The normalized spacial score (nSPS) is 11.6. The second kappa shape index (κ2) is 19.2. The molecule has 0 unspecified atom stereocenters. The topological polar surface area (TPSA) is 262 Å². The molecule has 0 aliphatic rings. The summed E-state index contributed by atoms with van der Waals surface area (Å²) in [7, 11) is -4.59. The summed E-state index contributed by atoms with van der Waals surface area (Å²) in [6.07, 6.45) is -0.810. The zero-order chi connectivity index (χ0) is 36.6. The third kappa shape index (κ3) is 14.0. The highest BCUT2D eigenvalue weighted by atomic mass is 32.2. The Hall–Kier alpha value is -4.83. The lowest BCUT2D eigenvalue weighted by atomic mass is 10.2. The van der Waals surface area contributed by atoms with Gasteiger partial charge in [-0.05, 0) is 39.0 Å². The molecule has 49 heavy (non-hydrogen) atoms. The van der Waals surface area contributed by atoms with Crippen LogP contribution in [-0.4, -0.2) is 111 Å². The van der Waals surface area contributed by atoms with Crippen LogP contribution in [0.1, 0.15) is 31.1 Å². The van der Waals surface area contributed by atoms with E-state index in [2.05, 4.69) is 10.6 Å². The van der Waals surface area contributed by atoms with Crippen LogP contribution in [-0.2, 0) is 29.0 Å². The highest BCUT2D eigenvalue weighted by Gasteiger charge is 2.33. The number of benzene rings is 2. The quantitative estimate of drug-likeness (QED) is 0.107. The maximum absolute atomic E-state index is 13.5. The number of nitrogens with zero attached hydrogens (tertiary/aromatic N) is 4. The largest absolute Gasteiger partial charge is 0.444 e. The summed E-state index contributed by atoms with van der Waals surface area (Å²) < 4.78 is 49.1. The van der Waals surface area contributed by atoms with Gasteiger partial charge in [0.15, 0.2) is 4.90 Å². The Balaban J connectivity index is 1.81. The fourth-order valence-electron chi connectivity index (χ4n) is 3.85. The van der Waals surface area contributed by atoms with Crippen LogP contribution in [0, 0.1) is 30.3 Å². The Morgan fingerprint density at radius 1 is 0.735 bits per heavy atom. The van der Waals surface area contributed by atoms with Crippen molar-refractivity contribution >= 4 is 39.1 Å². The van der Waals surface area contributed by atoms with E-state index in [0.29, 0.717) is 6.07 Å². The number of hydrogen-bond donors (Lipinski definition) is 2. The maximum atomic E-state index is 13.5. The smallest absolute Gasteiger partial charge is 0.407 e. The molecule has 270 valence electrons. The second-order valence-electron chi connectivity index (χ2n) is 10.9. The number of carbonyl (C=O) groups is 2. The van der Waals surface area contributed by atoms with Crippen LogP contribution in [0.2, 0.25) is 0 Å². The van der Waals surface area contributed by atoms with Gasteiger partial charge in [0.1, 0.15) is 5.60 Å². The fourth-order valence-corrected chi connectivity index (χ4v) is 5.41. The zero-order valence-corrected chi connectivity index (χ0v) is 27.8. The Morgan fingerprint density at radius 2 is 1.29 bits per heavy atom. The van der Waals surface area contributed by atoms with Crippen molar-refractivity contribution in [3.05, 3.63) is 78.4 Å². The molecular formula is C28H38N6O14S. The molecule has 0 spiro atoms. The van der Waals surface area contributed by atoms with Crippen LogP contribution in [0.4, 0.5) is 21.9 Å². The number of amides is 2. The van der Waals surface area contributed by atoms with Gasteiger partial charge in [0, 0.05) is 49.9 Å². The Kier molecular flexibility index (Phi) is 15.8. The molecular weight excluding hydrogens is 676 g/mol. The second-order valence-corrected chi connectivity index (χ2v) is 12.8. The van der Waals surface area contributed by atoms with E-state index in [0.717, 1.165) is 16.4 Å². The summed E-state index contributed by atoms with van der Waals surface area (Å²) in [6.45, 7) is 4.81. The van der Waals surface area contributed by atoms with Crippen LogP contribution < -0.4 is 10.6 Å². The lowest BCUT2D eigenvalue weighted by Gasteiger charge is -2.23. The van der Waals surface area contributed by atoms with Crippen molar-refractivity contribution in [2.75, 3.05) is 65.8 Å². The van der Waals surface area contributed by atoms with Crippen LogP contribution >= 0.6 is 0 Å². The number of nitrogens with one attached hydrogen (secondary N) is 2. The first kappa shape index (κ1) is 40.3. The summed E-state index contributed by atoms with van der Waals surface area (Å²) in [5.41, 5.74) is -2.32. The third-order valence-corrected chi connectivity index (χ3v) is 8.04. The first-order chi connectivity index (χ1) is 23.0. The molecule has 2 rings (SSSR count). The molecule has 2 amide bonds. The van der Waals surface area contributed by atoms with Gasteiger partial charge in [-0.25, -0.2) is 13.2 Å². The van der Waals surface area contributed by atoms with Crippen molar-refractivity contribution in [1.29, 1.82) is 0 Å². The lowest BCUT2D eigenvalue weighted by Crippen LogP contribution is -2.41. The van der Waals surface area contributed by atoms with Gasteiger partial charge >= 0.3 is 6.09 Å². The Morgan fingerprint density at radius 3 is 1.84 bits per heavy atom. The molecule has 0 aliphatic heterocycles. The van der Waals surface area contributed by atoms with Crippen molar-refractivity contribution in [3.8, 4) is 0 Å². The molecule has 0 aliphatic carbocycles. The standard InChI is InChI=1S/C28H38N6O14S/c1-28(2,3)48-27(36)30-10-12-31(49(43,44)25-9-8-23(33(39)40)20-24(25)34(41)42)13-15-46-17-19-47-18-16-45-14-11-29-26(35)21-4-6-22(7-5-21)32(37)38/h4-9,20H,10-19H2,1-3H3,(H,29,35)(H,30,36). The van der Waals surface area contributed by atoms with Gasteiger partial charge in [-0.2, -0.15) is 4.31 Å². The molecule has 0 heterocycles. The molecule has 0 fully saturated rings. The monoisotopic (exact) mass is 714 g/mol. The van der Waals surface area contributed by atoms with E-state index in [1.807, 2.05) is 0 Å². The van der Waals surface area contributed by atoms with Gasteiger partial charge in [0.2, 0.25) is 10.0 Å². The van der Waals surface area contributed by atoms with Crippen molar-refractivity contribution in [1.82, 2.24) is 14.9 Å². The molecule has 0 radical (unpaired) electrons. The van der Waals surface area contributed by atoms with Gasteiger partial charge in [0.25, 0.3) is 23.0 Å². The summed E-state index contributed by atoms with van der Waals surface area (Å²) in [6, 6.07) is 7.32. The summed E-state index contributed by atoms with van der Waals surface area (Å²) >= 11 is 0. The summed E-state index contributed by atoms with van der Waals surface area (Å²) in [5.74, 6) is -0.413. The van der Waals surface area contributed by atoms with Crippen LogP contribution in [0.5, 0.6) is 0 Å².